The summed E-state index contributed by atoms with van der Waals surface area (Å²) in [6.07, 6.45) is 19.1. The molecule has 0 radical (unpaired) electrons. The van der Waals surface area contributed by atoms with Crippen molar-refractivity contribution < 1.29 is 5.11 Å². The van der Waals surface area contributed by atoms with Crippen molar-refractivity contribution in [2.45, 2.75) is 86.2 Å². The van der Waals surface area contributed by atoms with Gasteiger partial charge in [-0.15, -0.1) is 0 Å². The van der Waals surface area contributed by atoms with Gasteiger partial charge in [0.15, 0.2) is 0 Å². The van der Waals surface area contributed by atoms with E-state index in [1.165, 1.54) is 24.8 Å². The molecule has 2 fully saturated rings. The van der Waals surface area contributed by atoms with Crippen LogP contribution < -0.4 is 0 Å². The molecule has 0 aromatic rings. The van der Waals surface area contributed by atoms with Crippen molar-refractivity contribution in [1.29, 1.82) is 0 Å². The van der Waals surface area contributed by atoms with Gasteiger partial charge in [-0.3, -0.25) is 0 Å². The van der Waals surface area contributed by atoms with Gasteiger partial charge in [-0.05, 0) is 84.7 Å². The van der Waals surface area contributed by atoms with E-state index >= 15 is 0 Å². The van der Waals surface area contributed by atoms with E-state index < -0.39 is 0 Å². The molecule has 0 aromatic heterocycles. The molecule has 2 saturated carbocycles. The van der Waals surface area contributed by atoms with Crippen molar-refractivity contribution in [3.05, 3.63) is 47.1 Å². The molecule has 4 aliphatic rings. The van der Waals surface area contributed by atoms with Crippen molar-refractivity contribution in [3.8, 4) is 0 Å². The first kappa shape index (κ1) is 21.2. The Morgan fingerprint density at radius 2 is 1.79 bits per heavy atom. The topological polar surface area (TPSA) is 20.2 Å². The highest BCUT2D eigenvalue weighted by atomic mass is 16.3. The van der Waals surface area contributed by atoms with Crippen LogP contribution >= 0.6 is 0 Å². The first-order valence-corrected chi connectivity index (χ1v) is 12.2. The van der Waals surface area contributed by atoms with Crippen molar-refractivity contribution in [1.82, 2.24) is 0 Å². The monoisotopic (exact) mass is 394 g/mol. The number of fused-ring (bicyclic) bond motifs is 5. The Balaban J connectivity index is 1.60. The van der Waals surface area contributed by atoms with Crippen LogP contribution in [0.4, 0.5) is 0 Å². The number of aliphatic hydroxyl groups is 1. The average Bonchev–Trinajstić information content (AvgIpc) is 3.03. The minimum Gasteiger partial charge on any atom is -0.393 e. The first-order chi connectivity index (χ1) is 13.7. The van der Waals surface area contributed by atoms with E-state index in [9.17, 15) is 5.11 Å². The molecule has 1 heteroatoms. The predicted molar refractivity (Wildman–Crippen MR) is 123 cm³/mol. The summed E-state index contributed by atoms with van der Waals surface area (Å²) in [5.74, 6) is 3.50. The SMILES string of the molecule is CC(C)[C@H](C)/C=C/[C@@H](C)C1CCC2C3=CC=C4C[C@@H](O)CCC4(C)C3=CCC21C. The summed E-state index contributed by atoms with van der Waals surface area (Å²) in [7, 11) is 0. The molecule has 0 bridgehead atoms. The number of aliphatic hydroxyl groups excluding tert-OH is 1. The summed E-state index contributed by atoms with van der Waals surface area (Å²) >= 11 is 0. The summed E-state index contributed by atoms with van der Waals surface area (Å²) in [5.41, 5.74) is 5.26. The molecule has 7 atom stereocenters. The second-order valence-electron chi connectivity index (χ2n) is 11.5. The minimum absolute atomic E-state index is 0.143. The van der Waals surface area contributed by atoms with Crippen LogP contribution in [0.5, 0.6) is 0 Å². The minimum atomic E-state index is -0.143. The molecule has 0 aliphatic heterocycles. The van der Waals surface area contributed by atoms with Crippen LogP contribution in [0.1, 0.15) is 80.1 Å². The van der Waals surface area contributed by atoms with E-state index in [0.717, 1.165) is 25.2 Å². The number of rotatable bonds is 4. The zero-order chi connectivity index (χ0) is 21.0. The van der Waals surface area contributed by atoms with E-state index in [1.54, 1.807) is 11.1 Å². The normalized spacial score (nSPS) is 41.2. The third-order valence-corrected chi connectivity index (χ3v) is 9.45. The molecule has 4 unspecified atom stereocenters. The second-order valence-corrected chi connectivity index (χ2v) is 11.5. The van der Waals surface area contributed by atoms with Crippen molar-refractivity contribution in [3.63, 3.8) is 0 Å². The molecule has 4 aliphatic carbocycles. The van der Waals surface area contributed by atoms with E-state index in [1.807, 2.05) is 0 Å². The van der Waals surface area contributed by atoms with Gasteiger partial charge in [0.1, 0.15) is 0 Å². The fourth-order valence-corrected chi connectivity index (χ4v) is 6.96. The van der Waals surface area contributed by atoms with E-state index in [2.05, 4.69) is 71.9 Å². The lowest BCUT2D eigenvalue weighted by atomic mass is 9.54. The molecule has 0 spiro atoms. The predicted octanol–water partition coefficient (Wildman–Crippen LogP) is 7.25. The lowest BCUT2D eigenvalue weighted by Gasteiger charge is -2.50. The molecule has 0 heterocycles. The highest BCUT2D eigenvalue weighted by Crippen LogP contribution is 2.63. The van der Waals surface area contributed by atoms with Gasteiger partial charge >= 0.3 is 0 Å². The second kappa shape index (κ2) is 7.56. The number of hydrogen-bond acceptors (Lipinski definition) is 1. The summed E-state index contributed by atoms with van der Waals surface area (Å²) < 4.78 is 0. The maximum Gasteiger partial charge on any atom is 0.0578 e. The van der Waals surface area contributed by atoms with Gasteiger partial charge in [0.2, 0.25) is 0 Å². The lowest BCUT2D eigenvalue weighted by molar-refractivity contribution is 0.113. The Hall–Kier alpha value is -1.08. The van der Waals surface area contributed by atoms with Gasteiger partial charge in [-0.2, -0.15) is 0 Å². The molecule has 1 N–H and O–H groups in total. The molecule has 0 saturated heterocycles. The zero-order valence-electron chi connectivity index (χ0n) is 19.5. The third-order valence-electron chi connectivity index (χ3n) is 9.45. The number of hydrogen-bond donors (Lipinski definition) is 1. The van der Waals surface area contributed by atoms with E-state index in [-0.39, 0.29) is 11.5 Å². The van der Waals surface area contributed by atoms with Gasteiger partial charge in [-0.25, -0.2) is 0 Å². The summed E-state index contributed by atoms with van der Waals surface area (Å²) in [6, 6.07) is 0. The van der Waals surface area contributed by atoms with E-state index in [0.29, 0.717) is 29.1 Å². The van der Waals surface area contributed by atoms with Gasteiger partial charge in [0, 0.05) is 5.41 Å². The van der Waals surface area contributed by atoms with Crippen LogP contribution in [-0.2, 0) is 0 Å². The van der Waals surface area contributed by atoms with Crippen LogP contribution in [0.2, 0.25) is 0 Å². The average molecular weight is 395 g/mol. The fraction of sp³-hybridized carbons (Fsp3) is 0.714. The Kier molecular flexibility index (Phi) is 5.52. The fourth-order valence-electron chi connectivity index (χ4n) is 6.96. The largest absolute Gasteiger partial charge is 0.393 e. The zero-order valence-corrected chi connectivity index (χ0v) is 19.5. The quantitative estimate of drug-likeness (QED) is 0.498. The van der Waals surface area contributed by atoms with Crippen molar-refractivity contribution in [2.75, 3.05) is 0 Å². The molecular formula is C28H42O. The molecule has 1 nitrogen and oxygen atoms in total. The molecule has 4 rings (SSSR count). The Bertz CT molecular complexity index is 765. The van der Waals surface area contributed by atoms with Crippen molar-refractivity contribution >= 4 is 0 Å². The first-order valence-electron chi connectivity index (χ1n) is 12.2. The maximum absolute atomic E-state index is 10.2. The summed E-state index contributed by atoms with van der Waals surface area (Å²) in [5, 5.41) is 10.2. The van der Waals surface area contributed by atoms with Gasteiger partial charge in [0.05, 0.1) is 6.10 Å². The Morgan fingerprint density at radius 1 is 1.03 bits per heavy atom. The lowest BCUT2D eigenvalue weighted by Crippen LogP contribution is -2.41. The molecule has 0 aromatic carbocycles. The van der Waals surface area contributed by atoms with Crippen LogP contribution in [0.25, 0.3) is 0 Å². The van der Waals surface area contributed by atoms with E-state index in [4.69, 9.17) is 0 Å². The van der Waals surface area contributed by atoms with Crippen LogP contribution in [0.3, 0.4) is 0 Å². The summed E-state index contributed by atoms with van der Waals surface area (Å²) in [6.45, 7) is 14.5. The smallest absolute Gasteiger partial charge is 0.0578 e. The van der Waals surface area contributed by atoms with Gasteiger partial charge in [0.25, 0.3) is 0 Å². The van der Waals surface area contributed by atoms with Crippen molar-refractivity contribution in [2.24, 2.45) is 40.4 Å². The Morgan fingerprint density at radius 3 is 2.52 bits per heavy atom. The molecule has 160 valence electrons. The Labute approximate surface area is 179 Å². The van der Waals surface area contributed by atoms with Gasteiger partial charge < -0.3 is 5.11 Å². The highest BCUT2D eigenvalue weighted by molar-refractivity contribution is 5.53. The highest BCUT2D eigenvalue weighted by Gasteiger charge is 2.53. The van der Waals surface area contributed by atoms with Crippen LogP contribution in [0.15, 0.2) is 47.1 Å². The van der Waals surface area contributed by atoms with Crippen LogP contribution in [0, 0.1) is 40.4 Å². The maximum atomic E-state index is 10.2. The third kappa shape index (κ3) is 3.42. The number of allylic oxidation sites excluding steroid dienone is 7. The standard InChI is InChI=1S/C28H42O/c1-18(2)19(3)7-8-20(4)24-11-12-25-23-10-9-21-17-22(29)13-15-27(21,5)26(23)14-16-28(24,25)6/h7-10,14,18-20,22,24-25,29H,11-13,15-17H2,1-6H3/b8-7+/t19-,20-,22+,24?,25?,27?,28?/m1/s1. The summed E-state index contributed by atoms with van der Waals surface area (Å²) in [4.78, 5) is 0. The van der Waals surface area contributed by atoms with Crippen LogP contribution in [-0.4, -0.2) is 11.2 Å². The molecule has 29 heavy (non-hydrogen) atoms. The molecule has 0 amide bonds. The van der Waals surface area contributed by atoms with Gasteiger partial charge in [-0.1, -0.05) is 77.5 Å². The molecular weight excluding hydrogens is 352 g/mol.